The molecule has 1 amide bonds. The number of nitrogens with one attached hydrogen (secondary N) is 2. The van der Waals surface area contributed by atoms with Crippen molar-refractivity contribution in [1.29, 1.82) is 0 Å². The first-order valence-electron chi connectivity index (χ1n) is 5.71. The second kappa shape index (κ2) is 5.27. The van der Waals surface area contributed by atoms with Gasteiger partial charge in [-0.1, -0.05) is 11.6 Å². The van der Waals surface area contributed by atoms with Crippen molar-refractivity contribution >= 4 is 17.5 Å². The number of aromatic nitrogens is 3. The summed E-state index contributed by atoms with van der Waals surface area (Å²) in [5, 5.41) is 9.99. The molecule has 0 saturated heterocycles. The highest BCUT2D eigenvalue weighted by Crippen LogP contribution is 2.18. The lowest BCUT2D eigenvalue weighted by Crippen LogP contribution is -2.26. The topological polar surface area (TPSA) is 62.7 Å². The Hall–Kier alpha value is -1.75. The van der Waals surface area contributed by atoms with Crippen LogP contribution < -0.4 is 5.32 Å². The Labute approximate surface area is 110 Å². The number of rotatable bonds is 4. The van der Waals surface area contributed by atoms with Gasteiger partial charge in [-0.2, -0.15) is 5.10 Å². The van der Waals surface area contributed by atoms with Gasteiger partial charge >= 0.3 is 0 Å². The summed E-state index contributed by atoms with van der Waals surface area (Å²) >= 11 is 5.94. The van der Waals surface area contributed by atoms with Crippen LogP contribution in [-0.2, 0) is 6.54 Å². The van der Waals surface area contributed by atoms with Crippen LogP contribution in [0.3, 0.4) is 0 Å². The summed E-state index contributed by atoms with van der Waals surface area (Å²) in [6.45, 7) is 4.42. The minimum absolute atomic E-state index is 0.148. The zero-order valence-electron chi connectivity index (χ0n) is 10.3. The molecule has 0 aliphatic rings. The van der Waals surface area contributed by atoms with Crippen molar-refractivity contribution in [3.63, 3.8) is 0 Å². The normalized spacial score (nSPS) is 10.9. The molecular weight excluding hydrogens is 252 g/mol. The predicted molar refractivity (Wildman–Crippen MR) is 69.6 cm³/mol. The first kappa shape index (κ1) is 12.7. The van der Waals surface area contributed by atoms with Gasteiger partial charge in [-0.05, 0) is 26.0 Å². The molecule has 0 saturated carbocycles. The average molecular weight is 267 g/mol. The fourth-order valence-electron chi connectivity index (χ4n) is 1.70. The number of nitrogens with zero attached hydrogens (tertiary/aromatic N) is 2. The Morgan fingerprint density at radius 2 is 2.39 bits per heavy atom. The molecule has 0 fully saturated rings. The van der Waals surface area contributed by atoms with Crippen molar-refractivity contribution in [3.8, 4) is 0 Å². The fourth-order valence-corrected chi connectivity index (χ4v) is 1.91. The largest absolute Gasteiger partial charge is 0.345 e. The molecule has 6 heteroatoms. The van der Waals surface area contributed by atoms with E-state index in [0.29, 0.717) is 17.3 Å². The van der Waals surface area contributed by atoms with Gasteiger partial charge in [0.15, 0.2) is 0 Å². The van der Waals surface area contributed by atoms with Crippen LogP contribution >= 0.6 is 11.6 Å². The molecule has 2 aromatic heterocycles. The van der Waals surface area contributed by atoms with Crippen LogP contribution in [0.1, 0.15) is 36.1 Å². The molecule has 5 nitrogen and oxygen atoms in total. The van der Waals surface area contributed by atoms with Crippen LogP contribution in [0.2, 0.25) is 5.02 Å². The molecule has 2 heterocycles. The third kappa shape index (κ3) is 2.73. The number of amides is 1. The lowest BCUT2D eigenvalue weighted by molar-refractivity contribution is 0.0939. The van der Waals surface area contributed by atoms with Crippen molar-refractivity contribution in [2.45, 2.75) is 26.4 Å². The smallest absolute Gasteiger partial charge is 0.268 e. The molecule has 0 spiro atoms. The first-order valence-corrected chi connectivity index (χ1v) is 6.09. The summed E-state index contributed by atoms with van der Waals surface area (Å²) in [7, 11) is 0. The molecule has 0 unspecified atom stereocenters. The fraction of sp³-hybridized carbons (Fsp3) is 0.333. The van der Waals surface area contributed by atoms with E-state index in [0.717, 1.165) is 5.69 Å². The van der Waals surface area contributed by atoms with Gasteiger partial charge in [0.25, 0.3) is 5.91 Å². The highest BCUT2D eigenvalue weighted by Gasteiger charge is 2.14. The standard InChI is InChI=1S/C12H15ClN4O/c1-8(2)17-7-9(13)5-11(17)12(18)14-6-10-3-4-15-16-10/h3-5,7-8H,6H2,1-2H3,(H,14,18)(H,15,16). The van der Waals surface area contributed by atoms with Crippen molar-refractivity contribution in [3.05, 3.63) is 40.9 Å². The molecule has 0 bridgehead atoms. The number of H-pyrrole nitrogens is 1. The number of carbonyl (C=O) groups excluding carboxylic acids is 1. The van der Waals surface area contributed by atoms with Gasteiger partial charge in [-0.3, -0.25) is 9.89 Å². The molecule has 0 aliphatic heterocycles. The minimum Gasteiger partial charge on any atom is -0.345 e. The van der Waals surface area contributed by atoms with Crippen molar-refractivity contribution in [2.75, 3.05) is 0 Å². The van der Waals surface area contributed by atoms with Gasteiger partial charge in [0.05, 0.1) is 17.3 Å². The molecule has 18 heavy (non-hydrogen) atoms. The summed E-state index contributed by atoms with van der Waals surface area (Å²) in [6.07, 6.45) is 3.41. The van der Waals surface area contributed by atoms with Crippen LogP contribution in [0, 0.1) is 0 Å². The zero-order valence-corrected chi connectivity index (χ0v) is 11.0. The van der Waals surface area contributed by atoms with Crippen LogP contribution in [0.25, 0.3) is 0 Å². The van der Waals surface area contributed by atoms with E-state index in [1.165, 1.54) is 0 Å². The summed E-state index contributed by atoms with van der Waals surface area (Å²) < 4.78 is 1.85. The van der Waals surface area contributed by atoms with Crippen molar-refractivity contribution < 1.29 is 4.79 Å². The molecule has 2 rings (SSSR count). The highest BCUT2D eigenvalue weighted by molar-refractivity contribution is 6.31. The highest BCUT2D eigenvalue weighted by atomic mass is 35.5. The van der Waals surface area contributed by atoms with E-state index in [2.05, 4.69) is 15.5 Å². The van der Waals surface area contributed by atoms with Crippen LogP contribution in [0.15, 0.2) is 24.5 Å². The Kier molecular flexibility index (Phi) is 3.72. The van der Waals surface area contributed by atoms with E-state index in [9.17, 15) is 4.79 Å². The summed E-state index contributed by atoms with van der Waals surface area (Å²) in [5.74, 6) is -0.148. The summed E-state index contributed by atoms with van der Waals surface area (Å²) in [5.41, 5.74) is 1.42. The Bertz CT molecular complexity index is 530. The number of hydrogen-bond donors (Lipinski definition) is 2. The Morgan fingerprint density at radius 3 is 3.00 bits per heavy atom. The van der Waals surface area contributed by atoms with E-state index in [1.807, 2.05) is 24.5 Å². The maximum absolute atomic E-state index is 12.1. The lowest BCUT2D eigenvalue weighted by Gasteiger charge is -2.12. The number of hydrogen-bond acceptors (Lipinski definition) is 2. The third-order valence-corrected chi connectivity index (χ3v) is 2.81. The average Bonchev–Trinajstić information content (AvgIpc) is 2.94. The van der Waals surface area contributed by atoms with Crippen LogP contribution in [0.5, 0.6) is 0 Å². The SMILES string of the molecule is CC(C)n1cc(Cl)cc1C(=O)NCc1ccn[nH]1. The molecule has 96 valence electrons. The first-order chi connectivity index (χ1) is 8.58. The van der Waals surface area contributed by atoms with Gasteiger partial charge in [0.2, 0.25) is 0 Å². The number of halogens is 1. The van der Waals surface area contributed by atoms with Gasteiger partial charge in [-0.25, -0.2) is 0 Å². The Morgan fingerprint density at radius 1 is 1.61 bits per heavy atom. The van der Waals surface area contributed by atoms with E-state index in [4.69, 9.17) is 11.6 Å². The quantitative estimate of drug-likeness (QED) is 0.892. The van der Waals surface area contributed by atoms with E-state index < -0.39 is 0 Å². The minimum atomic E-state index is -0.148. The van der Waals surface area contributed by atoms with E-state index in [-0.39, 0.29) is 11.9 Å². The zero-order chi connectivity index (χ0) is 13.1. The van der Waals surface area contributed by atoms with Gasteiger partial charge in [0.1, 0.15) is 5.69 Å². The number of aromatic amines is 1. The maximum atomic E-state index is 12.1. The molecule has 0 aliphatic carbocycles. The molecular formula is C12H15ClN4O. The second-order valence-electron chi connectivity index (χ2n) is 4.31. The van der Waals surface area contributed by atoms with Crippen LogP contribution in [-0.4, -0.2) is 20.7 Å². The predicted octanol–water partition coefficient (Wildman–Crippen LogP) is 2.38. The summed E-state index contributed by atoms with van der Waals surface area (Å²) in [4.78, 5) is 12.1. The van der Waals surface area contributed by atoms with Crippen molar-refractivity contribution in [1.82, 2.24) is 20.1 Å². The monoisotopic (exact) mass is 266 g/mol. The lowest BCUT2D eigenvalue weighted by atomic mass is 10.3. The van der Waals surface area contributed by atoms with Gasteiger partial charge in [-0.15, -0.1) is 0 Å². The maximum Gasteiger partial charge on any atom is 0.268 e. The number of carbonyl (C=O) groups is 1. The molecule has 2 aromatic rings. The van der Waals surface area contributed by atoms with Crippen molar-refractivity contribution in [2.24, 2.45) is 0 Å². The molecule has 0 atom stereocenters. The van der Waals surface area contributed by atoms with E-state index in [1.54, 1.807) is 18.5 Å². The van der Waals surface area contributed by atoms with Crippen LogP contribution in [0.4, 0.5) is 0 Å². The molecule has 0 aromatic carbocycles. The Balaban J connectivity index is 2.09. The van der Waals surface area contributed by atoms with Gasteiger partial charge < -0.3 is 9.88 Å². The molecule has 2 N–H and O–H groups in total. The second-order valence-corrected chi connectivity index (χ2v) is 4.75. The van der Waals surface area contributed by atoms with E-state index >= 15 is 0 Å². The summed E-state index contributed by atoms with van der Waals surface area (Å²) in [6, 6.07) is 3.67. The third-order valence-electron chi connectivity index (χ3n) is 2.60. The molecule has 0 radical (unpaired) electrons. The van der Waals surface area contributed by atoms with Gasteiger partial charge in [0, 0.05) is 18.4 Å².